The predicted molar refractivity (Wildman–Crippen MR) is 111 cm³/mol. The number of unbranched alkanes of at least 4 members (excludes halogenated alkanes) is 2. The first-order chi connectivity index (χ1) is 12.7. The number of nitrogens with one attached hydrogen (secondary N) is 2. The van der Waals surface area contributed by atoms with Crippen molar-refractivity contribution in [2.24, 2.45) is 4.99 Å². The summed E-state index contributed by atoms with van der Waals surface area (Å²) < 4.78 is 5.09. The Kier molecular flexibility index (Phi) is 9.32. The molecule has 0 amide bonds. The van der Waals surface area contributed by atoms with Gasteiger partial charge in [-0.05, 0) is 63.6 Å². The topological polar surface area (TPSA) is 48.9 Å². The van der Waals surface area contributed by atoms with Crippen LogP contribution in [0.2, 0.25) is 0 Å². The third-order valence-electron chi connectivity index (χ3n) is 4.82. The minimum absolute atomic E-state index is 0.226. The van der Waals surface area contributed by atoms with Gasteiger partial charge in [-0.15, -0.1) is 0 Å². The normalized spacial score (nSPS) is 16.0. The molecule has 1 unspecified atom stereocenters. The van der Waals surface area contributed by atoms with Crippen molar-refractivity contribution in [3.05, 3.63) is 29.8 Å². The fraction of sp³-hybridized carbons (Fsp3) is 0.667. The van der Waals surface area contributed by atoms with E-state index < -0.39 is 0 Å². The molecule has 0 bridgehead atoms. The third kappa shape index (κ3) is 6.87. The maximum absolute atomic E-state index is 5.09. The first-order valence-electron chi connectivity index (χ1n) is 10.1. The minimum atomic E-state index is 0.226. The summed E-state index contributed by atoms with van der Waals surface area (Å²) in [6.45, 7) is 9.22. The van der Waals surface area contributed by atoms with E-state index in [2.05, 4.69) is 53.6 Å². The standard InChI is InChI=1S/C21H36N4O/c1-4-22-21(23-13-6-5-9-16-26-3)24-18(2)19-11-10-12-20(17-19)25-14-7-8-15-25/h10-12,17-18H,4-9,13-16H2,1-3H3,(H2,22,23,24). The molecule has 146 valence electrons. The Hall–Kier alpha value is -1.75. The van der Waals surface area contributed by atoms with Crippen molar-refractivity contribution in [1.29, 1.82) is 0 Å². The molecule has 1 aromatic carbocycles. The molecule has 1 aromatic rings. The molecule has 0 saturated carbocycles. The van der Waals surface area contributed by atoms with Gasteiger partial charge in [0.2, 0.25) is 0 Å². The highest BCUT2D eigenvalue weighted by Gasteiger charge is 2.14. The monoisotopic (exact) mass is 360 g/mol. The van der Waals surface area contributed by atoms with Crippen LogP contribution in [-0.4, -0.2) is 45.9 Å². The van der Waals surface area contributed by atoms with Crippen molar-refractivity contribution in [1.82, 2.24) is 10.6 Å². The molecule has 26 heavy (non-hydrogen) atoms. The second kappa shape index (κ2) is 11.8. The van der Waals surface area contributed by atoms with Crippen molar-refractivity contribution < 1.29 is 4.74 Å². The molecule has 1 atom stereocenters. The Balaban J connectivity index is 1.89. The van der Waals surface area contributed by atoms with E-state index in [0.29, 0.717) is 0 Å². The molecule has 0 aromatic heterocycles. The molecule has 1 aliphatic heterocycles. The summed E-state index contributed by atoms with van der Waals surface area (Å²) in [5, 5.41) is 6.91. The first kappa shape index (κ1) is 20.6. The Morgan fingerprint density at radius 1 is 1.23 bits per heavy atom. The molecular weight excluding hydrogens is 324 g/mol. The number of benzene rings is 1. The van der Waals surface area contributed by atoms with E-state index in [9.17, 15) is 0 Å². The fourth-order valence-electron chi connectivity index (χ4n) is 3.30. The van der Waals surface area contributed by atoms with Gasteiger partial charge in [-0.3, -0.25) is 4.99 Å². The van der Waals surface area contributed by atoms with E-state index in [-0.39, 0.29) is 6.04 Å². The number of nitrogens with zero attached hydrogens (tertiary/aromatic N) is 2. The van der Waals surface area contributed by atoms with Crippen molar-refractivity contribution >= 4 is 11.6 Å². The van der Waals surface area contributed by atoms with Gasteiger partial charge in [0.15, 0.2) is 5.96 Å². The molecule has 5 nitrogen and oxygen atoms in total. The maximum Gasteiger partial charge on any atom is 0.191 e. The predicted octanol–water partition coefficient (Wildman–Crippen LogP) is 3.72. The van der Waals surface area contributed by atoms with E-state index in [1.54, 1.807) is 7.11 Å². The molecule has 1 saturated heterocycles. The highest BCUT2D eigenvalue weighted by atomic mass is 16.5. The summed E-state index contributed by atoms with van der Waals surface area (Å²) >= 11 is 0. The number of rotatable bonds is 10. The Bertz CT molecular complexity index is 541. The summed E-state index contributed by atoms with van der Waals surface area (Å²) in [4.78, 5) is 7.20. The van der Waals surface area contributed by atoms with Crippen LogP contribution < -0.4 is 15.5 Å². The van der Waals surface area contributed by atoms with Crippen molar-refractivity contribution in [2.45, 2.75) is 52.0 Å². The van der Waals surface area contributed by atoms with Crippen LogP contribution in [0, 0.1) is 0 Å². The molecule has 0 radical (unpaired) electrons. The molecule has 1 fully saturated rings. The van der Waals surface area contributed by atoms with Crippen LogP contribution in [0.1, 0.15) is 57.6 Å². The van der Waals surface area contributed by atoms with Crippen LogP contribution in [0.3, 0.4) is 0 Å². The Morgan fingerprint density at radius 3 is 2.77 bits per heavy atom. The number of guanidine groups is 1. The van der Waals surface area contributed by atoms with E-state index in [4.69, 9.17) is 9.73 Å². The zero-order valence-corrected chi connectivity index (χ0v) is 16.8. The number of hydrogen-bond acceptors (Lipinski definition) is 3. The van der Waals surface area contributed by atoms with E-state index in [1.165, 1.54) is 37.2 Å². The second-order valence-corrected chi connectivity index (χ2v) is 6.97. The lowest BCUT2D eigenvalue weighted by molar-refractivity contribution is 0.192. The summed E-state index contributed by atoms with van der Waals surface area (Å²) in [6, 6.07) is 9.13. The average molecular weight is 361 g/mol. The van der Waals surface area contributed by atoms with Crippen molar-refractivity contribution in [2.75, 3.05) is 44.8 Å². The van der Waals surface area contributed by atoms with Gasteiger partial charge < -0.3 is 20.3 Å². The zero-order chi connectivity index (χ0) is 18.6. The Morgan fingerprint density at radius 2 is 2.04 bits per heavy atom. The number of anilines is 1. The van der Waals surface area contributed by atoms with E-state index in [1.807, 2.05) is 0 Å². The van der Waals surface area contributed by atoms with Crippen molar-refractivity contribution in [3.63, 3.8) is 0 Å². The van der Waals surface area contributed by atoms with Gasteiger partial charge in [0.1, 0.15) is 0 Å². The molecule has 1 heterocycles. The fourth-order valence-corrected chi connectivity index (χ4v) is 3.30. The minimum Gasteiger partial charge on any atom is -0.385 e. The van der Waals surface area contributed by atoms with Crippen LogP contribution in [-0.2, 0) is 4.74 Å². The molecular formula is C21H36N4O. The molecule has 1 aliphatic rings. The van der Waals surface area contributed by atoms with Gasteiger partial charge in [-0.25, -0.2) is 0 Å². The maximum atomic E-state index is 5.09. The van der Waals surface area contributed by atoms with Gasteiger partial charge in [0.25, 0.3) is 0 Å². The number of ether oxygens (including phenoxy) is 1. The zero-order valence-electron chi connectivity index (χ0n) is 16.8. The summed E-state index contributed by atoms with van der Waals surface area (Å²) in [5.41, 5.74) is 2.65. The number of aliphatic imine (C=N–C) groups is 1. The highest BCUT2D eigenvalue weighted by molar-refractivity contribution is 5.80. The van der Waals surface area contributed by atoms with Gasteiger partial charge >= 0.3 is 0 Å². The summed E-state index contributed by atoms with van der Waals surface area (Å²) in [7, 11) is 1.76. The van der Waals surface area contributed by atoms with Gasteiger partial charge in [0, 0.05) is 45.6 Å². The number of methoxy groups -OCH3 is 1. The second-order valence-electron chi connectivity index (χ2n) is 6.97. The quantitative estimate of drug-likeness (QED) is 0.379. The Labute approximate surface area is 159 Å². The molecule has 0 aliphatic carbocycles. The SMILES string of the molecule is CCNC(=NCCCCCOC)NC(C)c1cccc(N2CCCC2)c1. The molecule has 2 rings (SSSR count). The van der Waals surface area contributed by atoms with Crippen LogP contribution in [0.25, 0.3) is 0 Å². The highest BCUT2D eigenvalue weighted by Crippen LogP contribution is 2.23. The van der Waals surface area contributed by atoms with E-state index >= 15 is 0 Å². The lowest BCUT2D eigenvalue weighted by atomic mass is 10.1. The smallest absolute Gasteiger partial charge is 0.191 e. The average Bonchev–Trinajstić information content (AvgIpc) is 3.19. The van der Waals surface area contributed by atoms with Crippen LogP contribution in [0.5, 0.6) is 0 Å². The van der Waals surface area contributed by atoms with Crippen LogP contribution in [0.15, 0.2) is 29.3 Å². The number of hydrogen-bond donors (Lipinski definition) is 2. The lowest BCUT2D eigenvalue weighted by Gasteiger charge is -2.22. The molecule has 5 heteroatoms. The van der Waals surface area contributed by atoms with E-state index in [0.717, 1.165) is 44.9 Å². The summed E-state index contributed by atoms with van der Waals surface area (Å²) in [6.07, 6.45) is 5.97. The summed E-state index contributed by atoms with van der Waals surface area (Å²) in [5.74, 6) is 0.901. The largest absolute Gasteiger partial charge is 0.385 e. The molecule has 0 spiro atoms. The van der Waals surface area contributed by atoms with Gasteiger partial charge in [0.05, 0.1) is 6.04 Å². The van der Waals surface area contributed by atoms with Crippen LogP contribution >= 0.6 is 0 Å². The first-order valence-corrected chi connectivity index (χ1v) is 10.1. The van der Waals surface area contributed by atoms with Gasteiger partial charge in [-0.2, -0.15) is 0 Å². The third-order valence-corrected chi connectivity index (χ3v) is 4.82. The molecule has 2 N–H and O–H groups in total. The lowest BCUT2D eigenvalue weighted by Crippen LogP contribution is -2.38. The van der Waals surface area contributed by atoms with Crippen LogP contribution in [0.4, 0.5) is 5.69 Å². The van der Waals surface area contributed by atoms with Crippen molar-refractivity contribution in [3.8, 4) is 0 Å². The van der Waals surface area contributed by atoms with Gasteiger partial charge in [-0.1, -0.05) is 12.1 Å².